The number of hydrogen-bond donors (Lipinski definition) is 3. The van der Waals surface area contributed by atoms with E-state index in [2.05, 4.69) is 5.32 Å². The Morgan fingerprint density at radius 2 is 2.00 bits per heavy atom. The summed E-state index contributed by atoms with van der Waals surface area (Å²) in [7, 11) is 0. The summed E-state index contributed by atoms with van der Waals surface area (Å²) in [5, 5.41) is 12.6. The summed E-state index contributed by atoms with van der Waals surface area (Å²) in [5.41, 5.74) is 7.88. The van der Waals surface area contributed by atoms with Gasteiger partial charge in [-0.05, 0) is 37.8 Å². The van der Waals surface area contributed by atoms with Crippen molar-refractivity contribution in [3.05, 3.63) is 23.3 Å². The number of aryl methyl sites for hydroxylation is 1. The van der Waals surface area contributed by atoms with Crippen molar-refractivity contribution in [3.63, 3.8) is 0 Å². The minimum atomic E-state index is -0.521. The smallest absolute Gasteiger partial charge is 0.241 e. The molecule has 0 spiro atoms. The van der Waals surface area contributed by atoms with Crippen LogP contribution in [0.15, 0.2) is 12.1 Å². The Kier molecular flexibility index (Phi) is 4.73. The van der Waals surface area contributed by atoms with Crippen LogP contribution in [0, 0.1) is 19.8 Å². The van der Waals surface area contributed by atoms with Gasteiger partial charge in [0.15, 0.2) is 0 Å². The third-order valence-electron chi connectivity index (χ3n) is 2.95. The van der Waals surface area contributed by atoms with Crippen LogP contribution < -0.4 is 11.1 Å². The van der Waals surface area contributed by atoms with E-state index in [0.29, 0.717) is 23.6 Å². The molecular weight excluding hydrogens is 228 g/mol. The van der Waals surface area contributed by atoms with Crippen molar-refractivity contribution in [3.8, 4) is 5.75 Å². The lowest BCUT2D eigenvalue weighted by molar-refractivity contribution is -0.117. The van der Waals surface area contributed by atoms with Crippen molar-refractivity contribution in [2.24, 2.45) is 11.7 Å². The summed E-state index contributed by atoms with van der Waals surface area (Å²) in [5.74, 6) is 0.374. The third kappa shape index (κ3) is 3.47. The Hall–Kier alpha value is -1.55. The maximum Gasteiger partial charge on any atom is 0.241 e. The van der Waals surface area contributed by atoms with E-state index in [1.807, 2.05) is 20.8 Å². The molecule has 0 unspecified atom stereocenters. The van der Waals surface area contributed by atoms with Crippen LogP contribution in [0.3, 0.4) is 0 Å². The van der Waals surface area contributed by atoms with Crippen LogP contribution in [0.5, 0.6) is 5.75 Å². The predicted molar refractivity (Wildman–Crippen MR) is 73.6 cm³/mol. The number of phenolic OH excluding ortho intramolecular Hbond substituents is 1. The molecule has 18 heavy (non-hydrogen) atoms. The zero-order valence-electron chi connectivity index (χ0n) is 11.4. The number of aromatic hydroxyl groups is 1. The van der Waals surface area contributed by atoms with Crippen LogP contribution in [0.1, 0.15) is 31.4 Å². The second-order valence-electron chi connectivity index (χ2n) is 5.13. The van der Waals surface area contributed by atoms with E-state index in [9.17, 15) is 9.90 Å². The second kappa shape index (κ2) is 5.87. The number of carbonyl (C=O) groups excluding carboxylic acids is 1. The summed E-state index contributed by atoms with van der Waals surface area (Å²) >= 11 is 0. The van der Waals surface area contributed by atoms with Crippen molar-refractivity contribution >= 4 is 11.6 Å². The van der Waals surface area contributed by atoms with Gasteiger partial charge in [0.1, 0.15) is 5.75 Å². The van der Waals surface area contributed by atoms with E-state index in [-0.39, 0.29) is 11.7 Å². The van der Waals surface area contributed by atoms with E-state index in [1.54, 1.807) is 19.1 Å². The summed E-state index contributed by atoms with van der Waals surface area (Å²) in [4.78, 5) is 11.9. The fourth-order valence-corrected chi connectivity index (χ4v) is 1.81. The summed E-state index contributed by atoms with van der Waals surface area (Å²) < 4.78 is 0. The predicted octanol–water partition coefficient (Wildman–Crippen LogP) is 2.32. The molecule has 4 heteroatoms. The normalized spacial score (nSPS) is 12.6. The monoisotopic (exact) mass is 250 g/mol. The number of nitrogens with two attached hydrogens (primary N) is 1. The van der Waals surface area contributed by atoms with Crippen LogP contribution in [0.2, 0.25) is 0 Å². The number of amides is 1. The lowest BCUT2D eigenvalue weighted by Crippen LogP contribution is -2.36. The number of hydrogen-bond acceptors (Lipinski definition) is 3. The Morgan fingerprint density at radius 3 is 2.56 bits per heavy atom. The average molecular weight is 250 g/mol. The van der Waals surface area contributed by atoms with Crippen molar-refractivity contribution in [2.75, 3.05) is 5.32 Å². The van der Waals surface area contributed by atoms with Crippen LogP contribution in [0.25, 0.3) is 0 Å². The highest BCUT2D eigenvalue weighted by atomic mass is 16.3. The first-order valence-electron chi connectivity index (χ1n) is 6.18. The Labute approximate surface area is 108 Å². The molecule has 1 rings (SSSR count). The maximum atomic E-state index is 11.9. The highest BCUT2D eigenvalue weighted by molar-refractivity contribution is 5.95. The van der Waals surface area contributed by atoms with Gasteiger partial charge in [-0.2, -0.15) is 0 Å². The van der Waals surface area contributed by atoms with Gasteiger partial charge in [-0.1, -0.05) is 19.9 Å². The average Bonchev–Trinajstić information content (AvgIpc) is 2.29. The number of carbonyl (C=O) groups is 1. The highest BCUT2D eigenvalue weighted by Crippen LogP contribution is 2.28. The number of anilines is 1. The van der Waals surface area contributed by atoms with Crippen molar-refractivity contribution in [1.82, 2.24) is 0 Å². The van der Waals surface area contributed by atoms with E-state index in [0.717, 1.165) is 5.56 Å². The Balaban J connectivity index is 2.79. The molecule has 1 aromatic carbocycles. The maximum absolute atomic E-state index is 11.9. The van der Waals surface area contributed by atoms with Gasteiger partial charge in [0, 0.05) is 11.3 Å². The first-order valence-corrected chi connectivity index (χ1v) is 6.18. The van der Waals surface area contributed by atoms with Gasteiger partial charge in [-0.25, -0.2) is 0 Å². The van der Waals surface area contributed by atoms with E-state index in [1.165, 1.54) is 0 Å². The van der Waals surface area contributed by atoms with E-state index in [4.69, 9.17) is 5.73 Å². The van der Waals surface area contributed by atoms with E-state index >= 15 is 0 Å². The largest absolute Gasteiger partial charge is 0.507 e. The molecule has 0 fully saturated rings. The van der Waals surface area contributed by atoms with Crippen molar-refractivity contribution < 1.29 is 9.90 Å². The SMILES string of the molecule is Cc1ccc(NC(=O)[C@H](N)CC(C)C)c(C)c1O. The lowest BCUT2D eigenvalue weighted by atomic mass is 10.0. The van der Waals surface area contributed by atoms with Crippen LogP contribution in [0.4, 0.5) is 5.69 Å². The third-order valence-corrected chi connectivity index (χ3v) is 2.95. The molecule has 0 aliphatic rings. The quantitative estimate of drug-likeness (QED) is 0.767. The first kappa shape index (κ1) is 14.5. The molecule has 100 valence electrons. The van der Waals surface area contributed by atoms with Gasteiger partial charge < -0.3 is 16.2 Å². The fraction of sp³-hybridized carbons (Fsp3) is 0.500. The van der Waals surface area contributed by atoms with Gasteiger partial charge in [0.05, 0.1) is 6.04 Å². The molecule has 1 aromatic rings. The number of rotatable bonds is 4. The van der Waals surface area contributed by atoms with Crippen LogP contribution in [-0.2, 0) is 4.79 Å². The highest BCUT2D eigenvalue weighted by Gasteiger charge is 2.16. The van der Waals surface area contributed by atoms with Gasteiger partial charge in [-0.3, -0.25) is 4.79 Å². The fourth-order valence-electron chi connectivity index (χ4n) is 1.81. The molecule has 0 aromatic heterocycles. The van der Waals surface area contributed by atoms with E-state index < -0.39 is 6.04 Å². The summed E-state index contributed by atoms with van der Waals surface area (Å²) in [6.45, 7) is 7.64. The van der Waals surface area contributed by atoms with Crippen molar-refractivity contribution in [2.45, 2.75) is 40.2 Å². The minimum Gasteiger partial charge on any atom is -0.507 e. The number of benzene rings is 1. The van der Waals surface area contributed by atoms with Gasteiger partial charge in [-0.15, -0.1) is 0 Å². The summed E-state index contributed by atoms with van der Waals surface area (Å²) in [6, 6.07) is 3.03. The molecule has 4 N–H and O–H groups in total. The molecule has 4 nitrogen and oxygen atoms in total. The lowest BCUT2D eigenvalue weighted by Gasteiger charge is -2.16. The van der Waals surface area contributed by atoms with Crippen LogP contribution >= 0.6 is 0 Å². The van der Waals surface area contributed by atoms with Crippen LogP contribution in [-0.4, -0.2) is 17.1 Å². The molecule has 0 aliphatic heterocycles. The molecular formula is C14H22N2O2. The second-order valence-corrected chi connectivity index (χ2v) is 5.13. The standard InChI is InChI=1S/C14H22N2O2/c1-8(2)7-11(15)14(18)16-12-6-5-9(3)13(17)10(12)4/h5-6,8,11,17H,7,15H2,1-4H3,(H,16,18)/t11-/m1/s1. The first-order chi connectivity index (χ1) is 8.32. The summed E-state index contributed by atoms with van der Waals surface area (Å²) in [6.07, 6.45) is 0.642. The molecule has 1 atom stereocenters. The number of phenols is 1. The van der Waals surface area contributed by atoms with Gasteiger partial charge in [0.2, 0.25) is 5.91 Å². The van der Waals surface area contributed by atoms with Gasteiger partial charge >= 0.3 is 0 Å². The molecule has 1 amide bonds. The molecule has 0 bridgehead atoms. The molecule has 0 aliphatic carbocycles. The minimum absolute atomic E-state index is 0.213. The van der Waals surface area contributed by atoms with Gasteiger partial charge in [0.25, 0.3) is 0 Å². The number of nitrogens with one attached hydrogen (secondary N) is 1. The molecule has 0 saturated carbocycles. The zero-order chi connectivity index (χ0) is 13.9. The molecule has 0 radical (unpaired) electrons. The Bertz CT molecular complexity index is 442. The molecule has 0 saturated heterocycles. The zero-order valence-corrected chi connectivity index (χ0v) is 11.4. The van der Waals surface area contributed by atoms with Crippen molar-refractivity contribution in [1.29, 1.82) is 0 Å². The topological polar surface area (TPSA) is 75.4 Å². The molecule has 0 heterocycles. The Morgan fingerprint density at radius 1 is 1.39 bits per heavy atom.